The van der Waals surface area contributed by atoms with E-state index >= 15 is 0 Å². The van der Waals surface area contributed by atoms with Crippen LogP contribution in [-0.2, 0) is 0 Å². The molecule has 0 aromatic carbocycles. The van der Waals surface area contributed by atoms with Crippen LogP contribution in [0.5, 0.6) is 0 Å². The Labute approximate surface area is 71.6 Å². The van der Waals surface area contributed by atoms with Crippen LogP contribution in [0, 0.1) is 0 Å². The number of nitrogens with zero attached hydrogens (tertiary/aromatic N) is 2. The van der Waals surface area contributed by atoms with Gasteiger partial charge in [-0.2, -0.15) is 5.10 Å². The maximum Gasteiger partial charge on any atom is 0.343 e. The van der Waals surface area contributed by atoms with E-state index in [1.54, 1.807) is 0 Å². The summed E-state index contributed by atoms with van der Waals surface area (Å²) >= 11 is 0. The molecule has 4 heteroatoms. The zero-order valence-corrected chi connectivity index (χ0v) is 7.96. The predicted molar refractivity (Wildman–Crippen MR) is 47.3 cm³/mol. The molecule has 0 spiro atoms. The van der Waals surface area contributed by atoms with Crippen LogP contribution in [0.4, 0.5) is 0 Å². The molecule has 68 valence electrons. The highest BCUT2D eigenvalue weighted by Crippen LogP contribution is 2.06. The van der Waals surface area contributed by atoms with Crippen LogP contribution >= 0.6 is 0 Å². The molecule has 1 rings (SSSR count). The third kappa shape index (κ3) is 1.57. The van der Waals surface area contributed by atoms with E-state index in [1.165, 1.54) is 4.68 Å². The van der Waals surface area contributed by atoms with Crippen molar-refractivity contribution in [3.8, 4) is 0 Å². The van der Waals surface area contributed by atoms with E-state index in [0.717, 1.165) is 5.82 Å². The Balaban J connectivity index is 3.09. The Morgan fingerprint density at radius 3 is 2.17 bits per heavy atom. The van der Waals surface area contributed by atoms with Crippen molar-refractivity contribution in [2.45, 2.75) is 39.7 Å². The van der Waals surface area contributed by atoms with E-state index in [2.05, 4.69) is 10.1 Å². The second kappa shape index (κ2) is 3.13. The Morgan fingerprint density at radius 1 is 1.33 bits per heavy atom. The fourth-order valence-corrected chi connectivity index (χ4v) is 0.963. The predicted octanol–water partition coefficient (Wildman–Crippen LogP) is 1.28. The second-order valence-corrected chi connectivity index (χ2v) is 3.51. The molecule has 1 heterocycles. The maximum absolute atomic E-state index is 11.2. The van der Waals surface area contributed by atoms with Crippen molar-refractivity contribution < 1.29 is 0 Å². The minimum atomic E-state index is -0.117. The van der Waals surface area contributed by atoms with Crippen LogP contribution in [0.15, 0.2) is 4.79 Å². The van der Waals surface area contributed by atoms with Gasteiger partial charge in [0.05, 0.1) is 6.04 Å². The molecule has 12 heavy (non-hydrogen) atoms. The van der Waals surface area contributed by atoms with Gasteiger partial charge < -0.3 is 0 Å². The summed E-state index contributed by atoms with van der Waals surface area (Å²) in [5.74, 6) is 1.03. The molecule has 1 aromatic heterocycles. The van der Waals surface area contributed by atoms with Crippen molar-refractivity contribution in [1.82, 2.24) is 14.8 Å². The highest BCUT2D eigenvalue weighted by molar-refractivity contribution is 4.89. The molecule has 0 saturated carbocycles. The molecule has 0 aliphatic rings. The van der Waals surface area contributed by atoms with Gasteiger partial charge in [-0.05, 0) is 13.8 Å². The number of nitrogens with one attached hydrogen (secondary N) is 1. The van der Waals surface area contributed by atoms with Gasteiger partial charge in [-0.3, -0.25) is 4.98 Å². The molecular weight excluding hydrogens is 154 g/mol. The summed E-state index contributed by atoms with van der Waals surface area (Å²) in [6.45, 7) is 7.88. The molecular formula is C8H15N3O. The zero-order valence-electron chi connectivity index (χ0n) is 7.96. The first kappa shape index (κ1) is 9.03. The number of H-pyrrole nitrogens is 1. The third-order valence-electron chi connectivity index (χ3n) is 1.69. The number of rotatable bonds is 2. The molecule has 0 atom stereocenters. The number of hydrogen-bond donors (Lipinski definition) is 1. The number of aromatic nitrogens is 3. The van der Waals surface area contributed by atoms with Gasteiger partial charge in [-0.15, -0.1) is 0 Å². The van der Waals surface area contributed by atoms with Crippen molar-refractivity contribution in [3.63, 3.8) is 0 Å². The summed E-state index contributed by atoms with van der Waals surface area (Å²) in [6, 6.07) is 0.126. The second-order valence-electron chi connectivity index (χ2n) is 3.51. The van der Waals surface area contributed by atoms with Crippen molar-refractivity contribution in [3.05, 3.63) is 16.3 Å². The minimum Gasteiger partial charge on any atom is -0.293 e. The van der Waals surface area contributed by atoms with Crippen molar-refractivity contribution >= 4 is 0 Å². The highest BCUT2D eigenvalue weighted by atomic mass is 16.2. The number of aromatic amines is 1. The lowest BCUT2D eigenvalue weighted by Crippen LogP contribution is -2.19. The molecule has 0 radical (unpaired) electrons. The van der Waals surface area contributed by atoms with E-state index in [4.69, 9.17) is 0 Å². The largest absolute Gasteiger partial charge is 0.343 e. The fraction of sp³-hybridized carbons (Fsp3) is 0.750. The van der Waals surface area contributed by atoms with Crippen molar-refractivity contribution in [2.24, 2.45) is 0 Å². The normalized spacial score (nSPS) is 11.5. The van der Waals surface area contributed by atoms with E-state index in [0.29, 0.717) is 0 Å². The highest BCUT2D eigenvalue weighted by Gasteiger charge is 2.09. The van der Waals surface area contributed by atoms with Gasteiger partial charge in [0.1, 0.15) is 5.82 Å². The standard InChI is InChI=1S/C8H15N3O/c1-5(2)7-9-8(12)11(10-7)6(3)4/h5-6H,1-4H3,(H,9,10,12). The fourth-order valence-electron chi connectivity index (χ4n) is 0.963. The van der Waals surface area contributed by atoms with E-state index < -0.39 is 0 Å². The monoisotopic (exact) mass is 169 g/mol. The van der Waals surface area contributed by atoms with E-state index in [1.807, 2.05) is 27.7 Å². The molecule has 0 amide bonds. The molecule has 1 N–H and O–H groups in total. The van der Waals surface area contributed by atoms with Gasteiger partial charge >= 0.3 is 5.69 Å². The molecule has 0 fully saturated rings. The first-order valence-electron chi connectivity index (χ1n) is 4.21. The Morgan fingerprint density at radius 2 is 1.92 bits per heavy atom. The summed E-state index contributed by atoms with van der Waals surface area (Å²) in [4.78, 5) is 14.0. The van der Waals surface area contributed by atoms with Crippen LogP contribution in [-0.4, -0.2) is 14.8 Å². The minimum absolute atomic E-state index is 0.117. The van der Waals surface area contributed by atoms with Crippen LogP contribution in [0.1, 0.15) is 45.5 Å². The summed E-state index contributed by atoms with van der Waals surface area (Å²) in [5, 5.41) is 4.16. The topological polar surface area (TPSA) is 50.7 Å². The third-order valence-corrected chi connectivity index (χ3v) is 1.69. The molecule has 4 nitrogen and oxygen atoms in total. The Hall–Kier alpha value is -1.06. The Kier molecular flexibility index (Phi) is 2.35. The van der Waals surface area contributed by atoms with Crippen LogP contribution in [0.25, 0.3) is 0 Å². The Bertz CT molecular complexity index is 308. The van der Waals surface area contributed by atoms with Crippen molar-refractivity contribution in [2.75, 3.05) is 0 Å². The first-order chi connectivity index (χ1) is 5.52. The van der Waals surface area contributed by atoms with Gasteiger partial charge in [0.2, 0.25) is 0 Å². The van der Waals surface area contributed by atoms with Gasteiger partial charge in [-0.25, -0.2) is 9.48 Å². The van der Waals surface area contributed by atoms with E-state index in [9.17, 15) is 4.79 Å². The van der Waals surface area contributed by atoms with Crippen LogP contribution < -0.4 is 5.69 Å². The van der Waals surface area contributed by atoms with Gasteiger partial charge in [0.15, 0.2) is 0 Å². The molecule has 1 aromatic rings. The van der Waals surface area contributed by atoms with Crippen LogP contribution in [0.3, 0.4) is 0 Å². The molecule has 0 aliphatic heterocycles. The lowest BCUT2D eigenvalue weighted by Gasteiger charge is -2.01. The first-order valence-corrected chi connectivity index (χ1v) is 4.21. The smallest absolute Gasteiger partial charge is 0.293 e. The average Bonchev–Trinajstić information content (AvgIpc) is 2.30. The van der Waals surface area contributed by atoms with Crippen molar-refractivity contribution in [1.29, 1.82) is 0 Å². The maximum atomic E-state index is 11.2. The quantitative estimate of drug-likeness (QED) is 0.725. The summed E-state index contributed by atoms with van der Waals surface area (Å²) in [6.07, 6.45) is 0. The molecule has 0 bridgehead atoms. The molecule has 0 unspecified atom stereocenters. The SMILES string of the molecule is CC(C)c1nn(C(C)C)c(=O)[nH]1. The zero-order chi connectivity index (χ0) is 9.30. The lowest BCUT2D eigenvalue weighted by molar-refractivity contribution is 0.507. The van der Waals surface area contributed by atoms with Gasteiger partial charge in [0.25, 0.3) is 0 Å². The summed E-state index contributed by atoms with van der Waals surface area (Å²) in [5.41, 5.74) is -0.117. The lowest BCUT2D eigenvalue weighted by atomic mass is 10.2. The van der Waals surface area contributed by atoms with Crippen LogP contribution in [0.2, 0.25) is 0 Å². The van der Waals surface area contributed by atoms with Gasteiger partial charge in [-0.1, -0.05) is 13.8 Å². The summed E-state index contributed by atoms with van der Waals surface area (Å²) < 4.78 is 1.47. The molecule has 0 saturated heterocycles. The van der Waals surface area contributed by atoms with E-state index in [-0.39, 0.29) is 17.6 Å². The average molecular weight is 169 g/mol. The summed E-state index contributed by atoms with van der Waals surface area (Å²) in [7, 11) is 0. The molecule has 0 aliphatic carbocycles. The van der Waals surface area contributed by atoms with Gasteiger partial charge in [0, 0.05) is 5.92 Å². The number of hydrogen-bond acceptors (Lipinski definition) is 2.